The number of nitrogens with two attached hydrogens (primary N) is 1. The molecule has 0 aliphatic rings. The molecule has 0 saturated carbocycles. The molecule has 0 heterocycles. The quantitative estimate of drug-likeness (QED) is 0.375. The number of carboxylic acid groups (broad SMARTS) is 1. The van der Waals surface area contributed by atoms with Gasteiger partial charge in [-0.25, -0.2) is 4.79 Å². The smallest absolute Gasteiger partial charge is 0.353 e. The Bertz CT molecular complexity index is 506. The van der Waals surface area contributed by atoms with Crippen molar-refractivity contribution in [1.29, 1.82) is 0 Å². The second kappa shape index (κ2) is 7.98. The van der Waals surface area contributed by atoms with E-state index in [0.29, 0.717) is 0 Å². The highest BCUT2D eigenvalue weighted by molar-refractivity contribution is 5.90. The van der Waals surface area contributed by atoms with E-state index in [2.05, 4.69) is 5.32 Å². The molecule has 114 valence electrons. The van der Waals surface area contributed by atoms with E-state index in [1.807, 2.05) is 5.32 Å². The number of carbonyl (C=O) groups is 3. The molecule has 1 aromatic carbocycles. The largest absolute Gasteiger partial charge is 0.478 e. The van der Waals surface area contributed by atoms with Crippen molar-refractivity contribution in [2.75, 3.05) is 6.54 Å². The molecule has 2 atom stereocenters. The van der Waals surface area contributed by atoms with Gasteiger partial charge in [0.1, 0.15) is 6.04 Å². The number of amides is 2. The fourth-order valence-corrected chi connectivity index (χ4v) is 1.61. The molecule has 8 heteroatoms. The lowest BCUT2D eigenvalue weighted by Gasteiger charge is -2.19. The lowest BCUT2D eigenvalue weighted by molar-refractivity contribution is -0.151. The molecule has 8 nitrogen and oxygen atoms in total. The van der Waals surface area contributed by atoms with Gasteiger partial charge in [-0.05, 0) is 5.56 Å². The van der Waals surface area contributed by atoms with Crippen molar-refractivity contribution >= 4 is 17.8 Å². The number of rotatable bonds is 7. The summed E-state index contributed by atoms with van der Waals surface area (Å²) in [6, 6.07) is 7.80. The minimum Gasteiger partial charge on any atom is -0.478 e. The molecule has 2 amide bonds. The lowest BCUT2D eigenvalue weighted by Crippen LogP contribution is -2.53. The number of carbonyl (C=O) groups excluding carboxylic acids is 2. The number of aliphatic hydroxyl groups is 1. The highest BCUT2D eigenvalue weighted by Gasteiger charge is 2.25. The molecule has 0 aliphatic heterocycles. The second-order valence-corrected chi connectivity index (χ2v) is 4.26. The Kier molecular flexibility index (Phi) is 6.31. The zero-order chi connectivity index (χ0) is 15.8. The average Bonchev–Trinajstić information content (AvgIpc) is 2.47. The summed E-state index contributed by atoms with van der Waals surface area (Å²) >= 11 is 0. The Morgan fingerprint density at radius 1 is 1.14 bits per heavy atom. The third-order valence-corrected chi connectivity index (χ3v) is 2.63. The number of aliphatic carboxylic acids is 1. The molecule has 1 unspecified atom stereocenters. The van der Waals surface area contributed by atoms with Gasteiger partial charge >= 0.3 is 5.97 Å². The Morgan fingerprint density at radius 2 is 1.76 bits per heavy atom. The monoisotopic (exact) mass is 295 g/mol. The van der Waals surface area contributed by atoms with Crippen LogP contribution in [0, 0.1) is 0 Å². The first-order valence-electron chi connectivity index (χ1n) is 6.18. The van der Waals surface area contributed by atoms with Gasteiger partial charge in [-0.1, -0.05) is 30.3 Å². The predicted molar refractivity (Wildman–Crippen MR) is 72.9 cm³/mol. The fourth-order valence-electron chi connectivity index (χ4n) is 1.61. The van der Waals surface area contributed by atoms with Crippen molar-refractivity contribution in [3.8, 4) is 0 Å². The van der Waals surface area contributed by atoms with Crippen LogP contribution in [0.2, 0.25) is 0 Å². The van der Waals surface area contributed by atoms with Crippen molar-refractivity contribution in [3.63, 3.8) is 0 Å². The van der Waals surface area contributed by atoms with Crippen LogP contribution in [0.5, 0.6) is 0 Å². The zero-order valence-electron chi connectivity index (χ0n) is 11.2. The fraction of sp³-hybridized carbons (Fsp3) is 0.308. The van der Waals surface area contributed by atoms with Crippen LogP contribution in [-0.4, -0.2) is 46.8 Å². The Hall–Kier alpha value is -2.45. The molecule has 0 saturated heterocycles. The number of hydrogen-bond donors (Lipinski definition) is 5. The van der Waals surface area contributed by atoms with Crippen molar-refractivity contribution < 1.29 is 24.6 Å². The first-order chi connectivity index (χ1) is 9.93. The van der Waals surface area contributed by atoms with E-state index in [4.69, 9.17) is 15.9 Å². The Labute approximate surface area is 120 Å². The van der Waals surface area contributed by atoms with Gasteiger partial charge in [0, 0.05) is 6.42 Å². The van der Waals surface area contributed by atoms with E-state index in [0.717, 1.165) is 5.56 Å². The third kappa shape index (κ3) is 5.59. The number of carboxylic acids is 1. The predicted octanol–water partition coefficient (Wildman–Crippen LogP) is -1.81. The maximum Gasteiger partial charge on any atom is 0.353 e. The molecule has 6 N–H and O–H groups in total. The normalized spacial score (nSPS) is 13.0. The van der Waals surface area contributed by atoms with Crippen LogP contribution in [0.3, 0.4) is 0 Å². The van der Waals surface area contributed by atoms with Crippen LogP contribution in [0.4, 0.5) is 0 Å². The highest BCUT2D eigenvalue weighted by atomic mass is 16.4. The van der Waals surface area contributed by atoms with Gasteiger partial charge in [-0.2, -0.15) is 0 Å². The number of benzene rings is 1. The minimum absolute atomic E-state index is 0.144. The summed E-state index contributed by atoms with van der Waals surface area (Å²) in [5, 5.41) is 22.0. The third-order valence-electron chi connectivity index (χ3n) is 2.63. The maximum atomic E-state index is 11.9. The van der Waals surface area contributed by atoms with Crippen molar-refractivity contribution in [1.82, 2.24) is 10.6 Å². The van der Waals surface area contributed by atoms with Crippen LogP contribution in [0.25, 0.3) is 0 Å². The van der Waals surface area contributed by atoms with Crippen molar-refractivity contribution in [2.45, 2.75) is 18.7 Å². The molecule has 1 rings (SSSR count). The van der Waals surface area contributed by atoms with E-state index < -0.39 is 30.1 Å². The molecule has 0 aromatic heterocycles. The zero-order valence-corrected chi connectivity index (χ0v) is 11.2. The lowest BCUT2D eigenvalue weighted by atomic mass is 10.1. The van der Waals surface area contributed by atoms with Crippen LogP contribution in [0.15, 0.2) is 30.3 Å². The van der Waals surface area contributed by atoms with Gasteiger partial charge < -0.3 is 26.6 Å². The number of aliphatic hydroxyl groups excluding tert-OH is 1. The van der Waals surface area contributed by atoms with Gasteiger partial charge in [0.2, 0.25) is 18.0 Å². The number of nitrogens with one attached hydrogen (secondary N) is 2. The molecular formula is C13H17N3O5. The molecule has 0 aliphatic carbocycles. The second-order valence-electron chi connectivity index (χ2n) is 4.26. The standard InChI is InChI=1S/C13H17N3O5/c14-7-10(17)15-9(6-8-4-2-1-3-5-8)11(18)16-12(19)13(20)21/h1-5,9,12,19H,6-7,14H2,(H,15,17)(H,16,18)(H,20,21)/t9-,12?/m0/s1. The van der Waals surface area contributed by atoms with Crippen molar-refractivity contribution in [2.24, 2.45) is 5.73 Å². The molecule has 0 spiro atoms. The van der Waals surface area contributed by atoms with E-state index in [-0.39, 0.29) is 13.0 Å². The molecule has 0 bridgehead atoms. The van der Waals surface area contributed by atoms with Crippen LogP contribution >= 0.6 is 0 Å². The average molecular weight is 295 g/mol. The van der Waals surface area contributed by atoms with Gasteiger partial charge in [-0.3, -0.25) is 9.59 Å². The summed E-state index contributed by atoms with van der Waals surface area (Å²) in [6.45, 7) is -0.306. The van der Waals surface area contributed by atoms with E-state index >= 15 is 0 Å². The van der Waals surface area contributed by atoms with E-state index in [9.17, 15) is 14.4 Å². The molecular weight excluding hydrogens is 278 g/mol. The SMILES string of the molecule is NCC(=O)N[C@@H](Cc1ccccc1)C(=O)NC(O)C(=O)O. The minimum atomic E-state index is -2.04. The van der Waals surface area contributed by atoms with Gasteiger partial charge in [0.25, 0.3) is 0 Å². The summed E-state index contributed by atoms with van der Waals surface area (Å²) in [5.41, 5.74) is 5.94. The summed E-state index contributed by atoms with van der Waals surface area (Å²) in [5.74, 6) is -2.96. The molecule has 0 fully saturated rings. The van der Waals surface area contributed by atoms with Crippen LogP contribution in [0.1, 0.15) is 5.56 Å². The Morgan fingerprint density at radius 3 is 2.29 bits per heavy atom. The first kappa shape index (κ1) is 16.6. The van der Waals surface area contributed by atoms with E-state index in [1.165, 1.54) is 0 Å². The summed E-state index contributed by atoms with van der Waals surface area (Å²) in [7, 11) is 0. The number of hydrogen-bond acceptors (Lipinski definition) is 5. The molecule has 0 radical (unpaired) electrons. The molecule has 1 aromatic rings. The summed E-state index contributed by atoms with van der Waals surface area (Å²) in [6.07, 6.45) is -1.89. The van der Waals surface area contributed by atoms with Gasteiger partial charge in [-0.15, -0.1) is 0 Å². The highest BCUT2D eigenvalue weighted by Crippen LogP contribution is 2.03. The summed E-state index contributed by atoms with van der Waals surface area (Å²) < 4.78 is 0. The Balaban J connectivity index is 2.78. The van der Waals surface area contributed by atoms with Gasteiger partial charge in [0.15, 0.2) is 0 Å². The first-order valence-corrected chi connectivity index (χ1v) is 6.18. The van der Waals surface area contributed by atoms with Crippen LogP contribution in [-0.2, 0) is 20.8 Å². The van der Waals surface area contributed by atoms with Crippen molar-refractivity contribution in [3.05, 3.63) is 35.9 Å². The maximum absolute atomic E-state index is 11.9. The van der Waals surface area contributed by atoms with Crippen LogP contribution < -0.4 is 16.4 Å². The molecule has 21 heavy (non-hydrogen) atoms. The topological polar surface area (TPSA) is 142 Å². The van der Waals surface area contributed by atoms with Gasteiger partial charge in [0.05, 0.1) is 6.54 Å². The summed E-state index contributed by atoms with van der Waals surface area (Å²) in [4.78, 5) is 33.8. The van der Waals surface area contributed by atoms with E-state index in [1.54, 1.807) is 30.3 Å².